The maximum atomic E-state index is 12.6. The van der Waals surface area contributed by atoms with Crippen LogP contribution in [0.3, 0.4) is 0 Å². The fourth-order valence-electron chi connectivity index (χ4n) is 1.89. The van der Waals surface area contributed by atoms with E-state index in [1.165, 1.54) is 6.92 Å². The van der Waals surface area contributed by atoms with Crippen molar-refractivity contribution in [1.29, 1.82) is 0 Å². The molecule has 1 unspecified atom stereocenters. The fraction of sp³-hybridized carbons (Fsp3) is 0.250. The number of pyridine rings is 1. The normalized spacial score (nSPS) is 12.7. The Morgan fingerprint density at radius 2 is 1.96 bits per heavy atom. The highest BCUT2D eigenvalue weighted by Gasteiger charge is 2.32. The molecule has 0 aliphatic carbocycles. The molecule has 7 heteroatoms. The minimum absolute atomic E-state index is 0.0535. The first kappa shape index (κ1) is 17.3. The van der Waals surface area contributed by atoms with Gasteiger partial charge in [-0.3, -0.25) is 9.78 Å². The van der Waals surface area contributed by atoms with Crippen molar-refractivity contribution < 1.29 is 22.7 Å². The number of aromatic nitrogens is 1. The summed E-state index contributed by atoms with van der Waals surface area (Å²) in [4.78, 5) is 15.7. The van der Waals surface area contributed by atoms with Gasteiger partial charge in [-0.1, -0.05) is 41.9 Å². The van der Waals surface area contributed by atoms with Crippen LogP contribution >= 0.6 is 11.6 Å². The van der Waals surface area contributed by atoms with Crippen LogP contribution in [0, 0.1) is 0 Å². The van der Waals surface area contributed by atoms with Crippen molar-refractivity contribution in [2.45, 2.75) is 25.6 Å². The van der Waals surface area contributed by atoms with E-state index in [4.69, 9.17) is 16.3 Å². The molecule has 1 atom stereocenters. The molecule has 0 spiro atoms. The quantitative estimate of drug-likeness (QED) is 0.761. The number of ether oxygens (including phenoxy) is 1. The highest BCUT2D eigenvalue weighted by Crippen LogP contribution is 2.33. The van der Waals surface area contributed by atoms with E-state index in [9.17, 15) is 18.0 Å². The molecule has 0 N–H and O–H groups in total. The first-order valence-corrected chi connectivity index (χ1v) is 7.10. The van der Waals surface area contributed by atoms with E-state index < -0.39 is 23.6 Å². The molecule has 1 aromatic heterocycles. The second-order valence-electron chi connectivity index (χ2n) is 4.90. The number of hydrogen-bond donors (Lipinski definition) is 0. The third-order valence-corrected chi connectivity index (χ3v) is 3.49. The van der Waals surface area contributed by atoms with E-state index in [-0.39, 0.29) is 17.3 Å². The Bertz CT molecular complexity index is 689. The Morgan fingerprint density at radius 1 is 1.30 bits per heavy atom. The van der Waals surface area contributed by atoms with Crippen LogP contribution in [-0.2, 0) is 22.3 Å². The highest BCUT2D eigenvalue weighted by molar-refractivity contribution is 6.31. The van der Waals surface area contributed by atoms with Crippen molar-refractivity contribution in [1.82, 2.24) is 4.98 Å². The lowest BCUT2D eigenvalue weighted by Gasteiger charge is -2.14. The van der Waals surface area contributed by atoms with Gasteiger partial charge in [-0.25, -0.2) is 0 Å². The summed E-state index contributed by atoms with van der Waals surface area (Å²) in [6.07, 6.45) is -3.88. The molecule has 0 amide bonds. The van der Waals surface area contributed by atoms with Gasteiger partial charge < -0.3 is 4.74 Å². The topological polar surface area (TPSA) is 39.2 Å². The van der Waals surface area contributed by atoms with Crippen LogP contribution in [0.5, 0.6) is 0 Å². The van der Waals surface area contributed by atoms with Crippen molar-refractivity contribution in [3.63, 3.8) is 0 Å². The minimum Gasteiger partial charge on any atom is -0.460 e. The zero-order chi connectivity index (χ0) is 17.0. The lowest BCUT2D eigenvalue weighted by atomic mass is 10.1. The number of rotatable bonds is 4. The SMILES string of the molecule is CC(C(=O)OCc1ccccc1)c1ncc(C(F)(F)F)cc1Cl. The zero-order valence-electron chi connectivity index (χ0n) is 12.1. The standard InChI is InChI=1S/C16H13ClF3NO2/c1-10(15(22)23-9-11-5-3-2-4-6-11)14-13(17)7-12(8-21-14)16(18,19)20/h2-8,10H,9H2,1H3. The molecule has 0 saturated carbocycles. The molecule has 0 radical (unpaired) electrons. The van der Waals surface area contributed by atoms with Gasteiger partial charge in [0.05, 0.1) is 22.2 Å². The summed E-state index contributed by atoms with van der Waals surface area (Å²) >= 11 is 5.82. The van der Waals surface area contributed by atoms with Crippen LogP contribution in [0.2, 0.25) is 5.02 Å². The molecular formula is C16H13ClF3NO2. The predicted molar refractivity (Wildman–Crippen MR) is 78.9 cm³/mol. The number of nitrogens with zero attached hydrogens (tertiary/aromatic N) is 1. The van der Waals surface area contributed by atoms with E-state index in [0.717, 1.165) is 11.6 Å². The van der Waals surface area contributed by atoms with E-state index >= 15 is 0 Å². The van der Waals surface area contributed by atoms with E-state index in [1.54, 1.807) is 24.3 Å². The second kappa shape index (κ2) is 7.00. The van der Waals surface area contributed by atoms with Crippen molar-refractivity contribution in [2.75, 3.05) is 0 Å². The molecule has 2 rings (SSSR count). The van der Waals surface area contributed by atoms with Gasteiger partial charge in [-0.2, -0.15) is 13.2 Å². The molecule has 23 heavy (non-hydrogen) atoms. The first-order chi connectivity index (χ1) is 10.8. The van der Waals surface area contributed by atoms with Crippen molar-refractivity contribution in [2.24, 2.45) is 0 Å². The van der Waals surface area contributed by atoms with Gasteiger partial charge in [0.1, 0.15) is 6.61 Å². The van der Waals surface area contributed by atoms with Gasteiger partial charge in [0.2, 0.25) is 0 Å². The molecule has 1 heterocycles. The molecule has 0 saturated heterocycles. The van der Waals surface area contributed by atoms with Crippen LogP contribution in [0.1, 0.15) is 29.7 Å². The van der Waals surface area contributed by atoms with Crippen LogP contribution in [-0.4, -0.2) is 11.0 Å². The van der Waals surface area contributed by atoms with E-state index in [0.29, 0.717) is 6.20 Å². The van der Waals surface area contributed by atoms with Gasteiger partial charge in [-0.15, -0.1) is 0 Å². The maximum Gasteiger partial charge on any atom is 0.417 e. The molecule has 0 aliphatic rings. The van der Waals surface area contributed by atoms with Gasteiger partial charge in [0.15, 0.2) is 0 Å². The van der Waals surface area contributed by atoms with Gasteiger partial charge >= 0.3 is 12.1 Å². The molecule has 122 valence electrons. The van der Waals surface area contributed by atoms with Crippen LogP contribution in [0.15, 0.2) is 42.6 Å². The Kier molecular flexibility index (Phi) is 5.26. The number of halogens is 4. The summed E-state index contributed by atoms with van der Waals surface area (Å²) in [6, 6.07) is 9.79. The first-order valence-electron chi connectivity index (χ1n) is 6.72. The summed E-state index contributed by atoms with van der Waals surface area (Å²) in [6.45, 7) is 1.55. The second-order valence-corrected chi connectivity index (χ2v) is 5.31. The Balaban J connectivity index is 2.07. The smallest absolute Gasteiger partial charge is 0.417 e. The Morgan fingerprint density at radius 3 is 2.52 bits per heavy atom. The molecule has 3 nitrogen and oxygen atoms in total. The Hall–Kier alpha value is -2.08. The minimum atomic E-state index is -4.54. The molecular weight excluding hydrogens is 331 g/mol. The van der Waals surface area contributed by atoms with Crippen molar-refractivity contribution >= 4 is 17.6 Å². The average Bonchev–Trinajstić information content (AvgIpc) is 2.52. The van der Waals surface area contributed by atoms with Crippen molar-refractivity contribution in [3.8, 4) is 0 Å². The molecule has 2 aromatic rings. The average molecular weight is 344 g/mol. The summed E-state index contributed by atoms with van der Waals surface area (Å²) < 4.78 is 42.9. The van der Waals surface area contributed by atoms with Crippen LogP contribution < -0.4 is 0 Å². The third kappa shape index (κ3) is 4.45. The van der Waals surface area contributed by atoms with Gasteiger partial charge in [0.25, 0.3) is 0 Å². The predicted octanol–water partition coefficient (Wildman–Crippen LogP) is 4.60. The van der Waals surface area contributed by atoms with Gasteiger partial charge in [-0.05, 0) is 18.6 Å². The molecule has 0 bridgehead atoms. The summed E-state index contributed by atoms with van der Waals surface area (Å²) in [5.74, 6) is -1.48. The summed E-state index contributed by atoms with van der Waals surface area (Å²) in [5, 5.41) is -0.219. The van der Waals surface area contributed by atoms with E-state index in [1.807, 2.05) is 6.07 Å². The number of carbonyl (C=O) groups excluding carboxylic acids is 1. The van der Waals surface area contributed by atoms with E-state index in [2.05, 4.69) is 4.98 Å². The van der Waals surface area contributed by atoms with Crippen molar-refractivity contribution in [3.05, 3.63) is 64.4 Å². The number of alkyl halides is 3. The third-order valence-electron chi connectivity index (χ3n) is 3.18. The molecule has 1 aromatic carbocycles. The fourth-order valence-corrected chi connectivity index (χ4v) is 2.22. The largest absolute Gasteiger partial charge is 0.460 e. The number of carbonyl (C=O) groups is 1. The Labute approximate surface area is 136 Å². The van der Waals surface area contributed by atoms with Gasteiger partial charge in [0, 0.05) is 6.20 Å². The number of esters is 1. The molecule has 0 fully saturated rings. The zero-order valence-corrected chi connectivity index (χ0v) is 12.9. The van der Waals surface area contributed by atoms with Crippen LogP contribution in [0.25, 0.3) is 0 Å². The lowest BCUT2D eigenvalue weighted by Crippen LogP contribution is -2.16. The summed E-state index contributed by atoms with van der Waals surface area (Å²) in [5.41, 5.74) is -0.103. The maximum absolute atomic E-state index is 12.6. The summed E-state index contributed by atoms with van der Waals surface area (Å²) in [7, 11) is 0. The highest BCUT2D eigenvalue weighted by atomic mass is 35.5. The lowest BCUT2D eigenvalue weighted by molar-refractivity contribution is -0.146. The van der Waals surface area contributed by atoms with Crippen LogP contribution in [0.4, 0.5) is 13.2 Å². The number of hydrogen-bond acceptors (Lipinski definition) is 3. The molecule has 0 aliphatic heterocycles. The number of benzene rings is 1. The monoisotopic (exact) mass is 343 g/mol.